The van der Waals surface area contributed by atoms with E-state index in [1.165, 1.54) is 24.5 Å². The maximum Gasteiger partial charge on any atom is 0.322 e. The number of amides is 2. The predicted octanol–water partition coefficient (Wildman–Crippen LogP) is 7.11. The Morgan fingerprint density at radius 3 is 2.53 bits per heavy atom. The maximum absolute atomic E-state index is 13.6. The SMILES string of the molecule is Cc1cc(F)ccc1-c1ccc2c(c1)C1(CCCC1)CN2C(=O)NCc1ccc(Br)cc1. The van der Waals surface area contributed by atoms with Gasteiger partial charge < -0.3 is 5.32 Å². The molecule has 1 heterocycles. The van der Waals surface area contributed by atoms with Gasteiger partial charge in [-0.15, -0.1) is 0 Å². The van der Waals surface area contributed by atoms with Gasteiger partial charge in [0.2, 0.25) is 0 Å². The molecule has 3 aromatic rings. The number of halogens is 2. The van der Waals surface area contributed by atoms with Crippen LogP contribution in [0.4, 0.5) is 14.9 Å². The molecule has 5 rings (SSSR count). The number of hydrogen-bond acceptors (Lipinski definition) is 1. The lowest BCUT2D eigenvalue weighted by Gasteiger charge is -2.25. The van der Waals surface area contributed by atoms with Gasteiger partial charge in [0.25, 0.3) is 0 Å². The number of benzene rings is 3. The molecular formula is C27H26BrFN2O. The molecule has 1 aliphatic carbocycles. The molecule has 3 nitrogen and oxygen atoms in total. The first-order valence-corrected chi connectivity index (χ1v) is 12.0. The molecule has 1 aliphatic heterocycles. The first-order valence-electron chi connectivity index (χ1n) is 11.2. The standard InChI is InChI=1S/C27H26BrFN2O/c1-18-14-22(29)9-10-23(18)20-6-11-25-24(15-20)27(12-2-3-13-27)17-31(25)26(32)30-16-19-4-7-21(28)8-5-19/h4-11,14-15H,2-3,12-13,16-17H2,1H3,(H,30,32). The van der Waals surface area contributed by atoms with Gasteiger partial charge in [-0.2, -0.15) is 0 Å². The third-order valence-electron chi connectivity index (χ3n) is 6.98. The molecule has 0 aromatic heterocycles. The molecule has 0 radical (unpaired) electrons. The molecule has 5 heteroatoms. The van der Waals surface area contributed by atoms with Gasteiger partial charge in [-0.25, -0.2) is 9.18 Å². The highest BCUT2D eigenvalue weighted by Crippen LogP contribution is 2.51. The first-order chi connectivity index (χ1) is 15.4. The van der Waals surface area contributed by atoms with Crippen LogP contribution >= 0.6 is 15.9 Å². The van der Waals surface area contributed by atoms with Crippen molar-refractivity contribution in [2.45, 2.75) is 44.6 Å². The smallest absolute Gasteiger partial charge is 0.322 e. The van der Waals surface area contributed by atoms with Crippen molar-refractivity contribution in [3.8, 4) is 11.1 Å². The van der Waals surface area contributed by atoms with E-state index in [0.29, 0.717) is 6.54 Å². The third-order valence-corrected chi connectivity index (χ3v) is 7.51. The van der Waals surface area contributed by atoms with Crippen LogP contribution in [0, 0.1) is 12.7 Å². The van der Waals surface area contributed by atoms with E-state index in [0.717, 1.165) is 51.8 Å². The van der Waals surface area contributed by atoms with Gasteiger partial charge in [0.1, 0.15) is 5.82 Å². The summed E-state index contributed by atoms with van der Waals surface area (Å²) in [4.78, 5) is 15.1. The zero-order valence-corrected chi connectivity index (χ0v) is 19.7. The zero-order chi connectivity index (χ0) is 22.3. The van der Waals surface area contributed by atoms with Crippen LogP contribution in [0.5, 0.6) is 0 Å². The molecule has 1 saturated carbocycles. The number of fused-ring (bicyclic) bond motifs is 2. The number of urea groups is 1. The highest BCUT2D eigenvalue weighted by molar-refractivity contribution is 9.10. The van der Waals surface area contributed by atoms with Gasteiger partial charge in [-0.05, 0) is 84.0 Å². The summed E-state index contributed by atoms with van der Waals surface area (Å²) in [7, 11) is 0. The van der Waals surface area contributed by atoms with Crippen LogP contribution in [-0.4, -0.2) is 12.6 Å². The van der Waals surface area contributed by atoms with Gasteiger partial charge in [0, 0.05) is 28.7 Å². The highest BCUT2D eigenvalue weighted by atomic mass is 79.9. The van der Waals surface area contributed by atoms with Crippen LogP contribution in [0.1, 0.15) is 42.4 Å². The Labute approximate surface area is 196 Å². The first kappa shape index (κ1) is 21.2. The minimum absolute atomic E-state index is 0.0221. The van der Waals surface area contributed by atoms with Crippen molar-refractivity contribution in [3.05, 3.63) is 87.6 Å². The summed E-state index contributed by atoms with van der Waals surface area (Å²) in [6.45, 7) is 3.16. The molecule has 0 saturated heterocycles. The molecule has 2 aliphatic rings. The second-order valence-electron chi connectivity index (χ2n) is 9.05. The fraction of sp³-hybridized carbons (Fsp3) is 0.296. The van der Waals surface area contributed by atoms with Crippen molar-refractivity contribution < 1.29 is 9.18 Å². The normalized spacial score (nSPS) is 16.4. The van der Waals surface area contributed by atoms with E-state index >= 15 is 0 Å². The summed E-state index contributed by atoms with van der Waals surface area (Å²) in [5.41, 5.74) is 6.41. The number of nitrogens with one attached hydrogen (secondary N) is 1. The maximum atomic E-state index is 13.6. The van der Waals surface area contributed by atoms with Crippen LogP contribution in [0.25, 0.3) is 11.1 Å². The molecule has 1 spiro atoms. The largest absolute Gasteiger partial charge is 0.334 e. The Kier molecular flexibility index (Phi) is 5.54. The summed E-state index contributed by atoms with van der Waals surface area (Å²) in [6, 6.07) is 19.3. The van der Waals surface area contributed by atoms with Gasteiger partial charge >= 0.3 is 6.03 Å². The van der Waals surface area contributed by atoms with Gasteiger partial charge in [-0.1, -0.05) is 53.0 Å². The number of anilines is 1. The lowest BCUT2D eigenvalue weighted by molar-refractivity contribution is 0.245. The molecule has 0 atom stereocenters. The predicted molar refractivity (Wildman–Crippen MR) is 130 cm³/mol. The quantitative estimate of drug-likeness (QED) is 0.415. The second kappa shape index (κ2) is 8.36. The molecule has 2 amide bonds. The van der Waals surface area contributed by atoms with Crippen molar-refractivity contribution in [1.82, 2.24) is 5.32 Å². The molecule has 32 heavy (non-hydrogen) atoms. The van der Waals surface area contributed by atoms with E-state index in [4.69, 9.17) is 0 Å². The molecule has 1 fully saturated rings. The molecule has 1 N–H and O–H groups in total. The van der Waals surface area contributed by atoms with Gasteiger partial charge in [0.05, 0.1) is 0 Å². The van der Waals surface area contributed by atoms with Crippen molar-refractivity contribution in [3.63, 3.8) is 0 Å². The monoisotopic (exact) mass is 492 g/mol. The number of rotatable bonds is 3. The second-order valence-corrected chi connectivity index (χ2v) is 9.97. The topological polar surface area (TPSA) is 32.3 Å². The summed E-state index contributed by atoms with van der Waals surface area (Å²) < 4.78 is 14.6. The molecule has 0 bridgehead atoms. The van der Waals surface area contributed by atoms with Crippen molar-refractivity contribution >= 4 is 27.6 Å². The van der Waals surface area contributed by atoms with E-state index in [1.54, 1.807) is 6.07 Å². The Hall–Kier alpha value is -2.66. The Bertz CT molecular complexity index is 1170. The zero-order valence-electron chi connectivity index (χ0n) is 18.1. The average molecular weight is 493 g/mol. The van der Waals surface area contributed by atoms with Crippen LogP contribution in [0.15, 0.2) is 65.1 Å². The number of carbonyl (C=O) groups excluding carboxylic acids is 1. The molecule has 0 unspecified atom stereocenters. The Balaban J connectivity index is 1.45. The van der Waals surface area contributed by atoms with Crippen molar-refractivity contribution in [1.29, 1.82) is 0 Å². The van der Waals surface area contributed by atoms with E-state index in [-0.39, 0.29) is 17.3 Å². The van der Waals surface area contributed by atoms with E-state index < -0.39 is 0 Å². The molecular weight excluding hydrogens is 467 g/mol. The van der Waals surface area contributed by atoms with Crippen LogP contribution in [-0.2, 0) is 12.0 Å². The minimum atomic E-state index is -0.215. The van der Waals surface area contributed by atoms with E-state index in [9.17, 15) is 9.18 Å². The fourth-order valence-corrected chi connectivity index (χ4v) is 5.59. The van der Waals surface area contributed by atoms with E-state index in [1.807, 2.05) is 42.2 Å². The number of nitrogens with zero attached hydrogens (tertiary/aromatic N) is 1. The summed E-state index contributed by atoms with van der Waals surface area (Å²) in [5.74, 6) is -0.215. The molecule has 164 valence electrons. The van der Waals surface area contributed by atoms with Crippen molar-refractivity contribution in [2.75, 3.05) is 11.4 Å². The molecule has 3 aromatic carbocycles. The van der Waals surface area contributed by atoms with Gasteiger partial charge in [-0.3, -0.25) is 4.90 Å². The highest BCUT2D eigenvalue weighted by Gasteiger charge is 2.46. The lowest BCUT2D eigenvalue weighted by atomic mass is 9.80. The summed E-state index contributed by atoms with van der Waals surface area (Å²) in [5, 5.41) is 3.10. The lowest BCUT2D eigenvalue weighted by Crippen LogP contribution is -2.41. The summed E-state index contributed by atoms with van der Waals surface area (Å²) in [6.07, 6.45) is 4.58. The Morgan fingerprint density at radius 1 is 1.06 bits per heavy atom. The summed E-state index contributed by atoms with van der Waals surface area (Å²) >= 11 is 3.45. The number of aryl methyl sites for hydroxylation is 1. The van der Waals surface area contributed by atoms with Crippen LogP contribution in [0.2, 0.25) is 0 Å². The van der Waals surface area contributed by atoms with E-state index in [2.05, 4.69) is 39.4 Å². The van der Waals surface area contributed by atoms with Crippen LogP contribution in [0.3, 0.4) is 0 Å². The third kappa shape index (κ3) is 3.83. The Morgan fingerprint density at radius 2 is 1.81 bits per heavy atom. The number of hydrogen-bond donors (Lipinski definition) is 1. The van der Waals surface area contributed by atoms with Gasteiger partial charge in [0.15, 0.2) is 0 Å². The number of carbonyl (C=O) groups is 1. The average Bonchev–Trinajstić information content (AvgIpc) is 3.39. The minimum Gasteiger partial charge on any atom is -0.334 e. The fourth-order valence-electron chi connectivity index (χ4n) is 5.32. The van der Waals surface area contributed by atoms with Crippen molar-refractivity contribution in [2.24, 2.45) is 0 Å². The van der Waals surface area contributed by atoms with Crippen LogP contribution < -0.4 is 10.2 Å².